The zero-order valence-corrected chi connectivity index (χ0v) is 10.7. The lowest BCUT2D eigenvalue weighted by Gasteiger charge is -2.31. The molecule has 5 heteroatoms. The van der Waals surface area contributed by atoms with Gasteiger partial charge in [-0.25, -0.2) is 0 Å². The Balaban J connectivity index is 1.97. The van der Waals surface area contributed by atoms with Gasteiger partial charge in [0.2, 0.25) is 5.91 Å². The fourth-order valence-corrected chi connectivity index (χ4v) is 2.34. The highest BCUT2D eigenvalue weighted by Crippen LogP contribution is 2.15. The molecule has 1 heterocycles. The minimum Gasteiger partial charge on any atom is -0.396 e. The molecule has 16 heavy (non-hydrogen) atoms. The second kappa shape index (κ2) is 7.92. The topological polar surface area (TPSA) is 61.4 Å². The van der Waals surface area contributed by atoms with E-state index >= 15 is 0 Å². The van der Waals surface area contributed by atoms with Gasteiger partial charge in [0.15, 0.2) is 0 Å². The maximum Gasteiger partial charge on any atom is 0.223 e. The molecule has 1 saturated heterocycles. The molecule has 94 valence electrons. The molecule has 0 aromatic carbocycles. The summed E-state index contributed by atoms with van der Waals surface area (Å²) in [6.07, 6.45) is 0.836. The monoisotopic (exact) mass is 246 g/mol. The molecule has 4 nitrogen and oxygen atoms in total. The van der Waals surface area contributed by atoms with Gasteiger partial charge in [-0.05, 0) is 31.2 Å². The Morgan fingerprint density at radius 3 is 2.88 bits per heavy atom. The summed E-state index contributed by atoms with van der Waals surface area (Å²) < 4.78 is 0. The van der Waals surface area contributed by atoms with E-state index in [1.54, 1.807) is 11.8 Å². The lowest BCUT2D eigenvalue weighted by Crippen LogP contribution is -2.49. The van der Waals surface area contributed by atoms with Crippen LogP contribution in [0.25, 0.3) is 0 Å². The molecule has 0 aliphatic carbocycles. The SMILES string of the molecule is CC(C(=O)NCCSCCCO)C1CNC1. The molecule has 1 fully saturated rings. The van der Waals surface area contributed by atoms with Crippen LogP contribution >= 0.6 is 11.8 Å². The van der Waals surface area contributed by atoms with Crippen molar-refractivity contribution in [3.63, 3.8) is 0 Å². The summed E-state index contributed by atoms with van der Waals surface area (Å²) in [4.78, 5) is 11.7. The van der Waals surface area contributed by atoms with Crippen LogP contribution in [0.5, 0.6) is 0 Å². The molecule has 0 aromatic heterocycles. The predicted octanol–water partition coefficient (Wildman–Crippen LogP) is 0.0737. The highest BCUT2D eigenvalue weighted by atomic mass is 32.2. The normalized spacial score (nSPS) is 17.9. The molecule has 0 bridgehead atoms. The molecule has 1 aliphatic rings. The standard InChI is InChI=1S/C11H22N2O2S/c1-9(10-7-12-8-10)11(15)13-3-6-16-5-2-4-14/h9-10,12,14H,2-8H2,1H3,(H,13,15). The third-order valence-corrected chi connectivity index (χ3v) is 4.00. The minimum atomic E-state index is 0.128. The number of aliphatic hydroxyl groups excluding tert-OH is 1. The summed E-state index contributed by atoms with van der Waals surface area (Å²) in [5.41, 5.74) is 0. The number of hydrogen-bond donors (Lipinski definition) is 3. The van der Waals surface area contributed by atoms with Crippen LogP contribution < -0.4 is 10.6 Å². The largest absolute Gasteiger partial charge is 0.396 e. The van der Waals surface area contributed by atoms with Crippen LogP contribution in [0.15, 0.2) is 0 Å². The molecule has 1 aliphatic heterocycles. The molecule has 1 rings (SSSR count). The van der Waals surface area contributed by atoms with Crippen LogP contribution in [-0.2, 0) is 4.79 Å². The van der Waals surface area contributed by atoms with Gasteiger partial charge < -0.3 is 15.7 Å². The first-order chi connectivity index (χ1) is 7.75. The molecule has 0 aromatic rings. The van der Waals surface area contributed by atoms with Crippen molar-refractivity contribution in [2.75, 3.05) is 37.7 Å². The number of hydrogen-bond acceptors (Lipinski definition) is 4. The molecule has 1 amide bonds. The Morgan fingerprint density at radius 2 is 2.31 bits per heavy atom. The minimum absolute atomic E-state index is 0.128. The van der Waals surface area contributed by atoms with E-state index in [2.05, 4.69) is 10.6 Å². The van der Waals surface area contributed by atoms with Gasteiger partial charge in [0.05, 0.1) is 0 Å². The highest BCUT2D eigenvalue weighted by Gasteiger charge is 2.28. The van der Waals surface area contributed by atoms with Crippen molar-refractivity contribution in [2.45, 2.75) is 13.3 Å². The number of aliphatic hydroxyl groups is 1. The fourth-order valence-electron chi connectivity index (χ4n) is 1.55. The molecular weight excluding hydrogens is 224 g/mol. The van der Waals surface area contributed by atoms with E-state index in [0.29, 0.717) is 5.92 Å². The summed E-state index contributed by atoms with van der Waals surface area (Å²) in [7, 11) is 0. The van der Waals surface area contributed by atoms with Gasteiger partial charge in [-0.15, -0.1) is 0 Å². The van der Waals surface area contributed by atoms with E-state index in [1.165, 1.54) is 0 Å². The Kier molecular flexibility index (Phi) is 6.84. The van der Waals surface area contributed by atoms with Crippen LogP contribution in [0.1, 0.15) is 13.3 Å². The summed E-state index contributed by atoms with van der Waals surface area (Å²) in [5, 5.41) is 14.7. The van der Waals surface area contributed by atoms with Crippen LogP contribution in [0, 0.1) is 11.8 Å². The Labute approximate surface area is 102 Å². The first-order valence-corrected chi connectivity index (χ1v) is 7.08. The van der Waals surface area contributed by atoms with Gasteiger partial charge >= 0.3 is 0 Å². The number of nitrogens with one attached hydrogen (secondary N) is 2. The van der Waals surface area contributed by atoms with Crippen molar-refractivity contribution in [1.82, 2.24) is 10.6 Å². The van der Waals surface area contributed by atoms with E-state index in [-0.39, 0.29) is 18.4 Å². The average Bonchev–Trinajstić information content (AvgIpc) is 2.20. The van der Waals surface area contributed by atoms with Crippen molar-refractivity contribution in [2.24, 2.45) is 11.8 Å². The van der Waals surface area contributed by atoms with Gasteiger partial charge in [-0.2, -0.15) is 11.8 Å². The fraction of sp³-hybridized carbons (Fsp3) is 0.909. The van der Waals surface area contributed by atoms with E-state index in [0.717, 1.165) is 37.6 Å². The Bertz CT molecular complexity index is 210. The lowest BCUT2D eigenvalue weighted by molar-refractivity contribution is -0.126. The van der Waals surface area contributed by atoms with Crippen molar-refractivity contribution in [3.05, 3.63) is 0 Å². The van der Waals surface area contributed by atoms with Gasteiger partial charge in [0.1, 0.15) is 0 Å². The third-order valence-electron chi connectivity index (χ3n) is 2.93. The zero-order valence-electron chi connectivity index (χ0n) is 9.87. The first-order valence-electron chi connectivity index (χ1n) is 5.92. The quantitative estimate of drug-likeness (QED) is 0.531. The van der Waals surface area contributed by atoms with Crippen LogP contribution in [0.2, 0.25) is 0 Å². The van der Waals surface area contributed by atoms with Gasteiger partial charge in [0, 0.05) is 24.8 Å². The van der Waals surface area contributed by atoms with Gasteiger partial charge in [-0.1, -0.05) is 6.92 Å². The molecule has 3 N–H and O–H groups in total. The van der Waals surface area contributed by atoms with Crippen molar-refractivity contribution < 1.29 is 9.90 Å². The van der Waals surface area contributed by atoms with E-state index in [1.807, 2.05) is 6.92 Å². The second-order valence-electron chi connectivity index (χ2n) is 4.19. The number of carbonyl (C=O) groups excluding carboxylic acids is 1. The van der Waals surface area contributed by atoms with Gasteiger partial charge in [0.25, 0.3) is 0 Å². The smallest absolute Gasteiger partial charge is 0.223 e. The molecule has 0 saturated carbocycles. The number of thioether (sulfide) groups is 1. The molecule has 0 spiro atoms. The Hall–Kier alpha value is -0.260. The highest BCUT2D eigenvalue weighted by molar-refractivity contribution is 7.99. The maximum atomic E-state index is 11.7. The number of rotatable bonds is 8. The summed E-state index contributed by atoms with van der Waals surface area (Å²) in [6, 6.07) is 0. The summed E-state index contributed by atoms with van der Waals surface area (Å²) in [5.74, 6) is 2.72. The third kappa shape index (κ3) is 4.72. The van der Waals surface area contributed by atoms with E-state index < -0.39 is 0 Å². The maximum absolute atomic E-state index is 11.7. The average molecular weight is 246 g/mol. The van der Waals surface area contributed by atoms with Gasteiger partial charge in [-0.3, -0.25) is 4.79 Å². The van der Waals surface area contributed by atoms with Crippen molar-refractivity contribution in [3.8, 4) is 0 Å². The van der Waals surface area contributed by atoms with E-state index in [4.69, 9.17) is 5.11 Å². The summed E-state index contributed by atoms with van der Waals surface area (Å²) in [6.45, 7) is 4.93. The van der Waals surface area contributed by atoms with Crippen LogP contribution in [-0.4, -0.2) is 48.8 Å². The summed E-state index contributed by atoms with van der Waals surface area (Å²) >= 11 is 1.77. The van der Waals surface area contributed by atoms with Crippen molar-refractivity contribution >= 4 is 17.7 Å². The molecule has 0 radical (unpaired) electrons. The van der Waals surface area contributed by atoms with E-state index in [9.17, 15) is 4.79 Å². The second-order valence-corrected chi connectivity index (χ2v) is 5.41. The number of amides is 1. The lowest BCUT2D eigenvalue weighted by atomic mass is 9.88. The molecular formula is C11H22N2O2S. The molecule has 1 unspecified atom stereocenters. The zero-order chi connectivity index (χ0) is 11.8. The number of carbonyl (C=O) groups is 1. The predicted molar refractivity (Wildman–Crippen MR) is 67.6 cm³/mol. The first kappa shape index (κ1) is 13.8. The van der Waals surface area contributed by atoms with Crippen molar-refractivity contribution in [1.29, 1.82) is 0 Å². The molecule has 1 atom stereocenters. The Morgan fingerprint density at radius 1 is 1.56 bits per heavy atom. The van der Waals surface area contributed by atoms with Crippen LogP contribution in [0.4, 0.5) is 0 Å². The van der Waals surface area contributed by atoms with Crippen LogP contribution in [0.3, 0.4) is 0 Å².